The van der Waals surface area contributed by atoms with Crippen molar-refractivity contribution in [2.75, 3.05) is 6.61 Å². The number of alkyl halides is 1. The van der Waals surface area contributed by atoms with E-state index in [-0.39, 0.29) is 13.2 Å². The monoisotopic (exact) mass is 352 g/mol. The molecule has 25 heavy (non-hydrogen) atoms. The zero-order chi connectivity index (χ0) is 18.4. The van der Waals surface area contributed by atoms with Crippen LogP contribution >= 0.6 is 0 Å². The Hall–Kier alpha value is -2.25. The zero-order valence-electron chi connectivity index (χ0n) is 14.1. The van der Waals surface area contributed by atoms with Crippen molar-refractivity contribution in [2.45, 2.75) is 44.6 Å². The smallest absolute Gasteiger partial charge is 0.305 e. The van der Waals surface area contributed by atoms with Gasteiger partial charge in [0.15, 0.2) is 12.3 Å². The van der Waals surface area contributed by atoms with E-state index >= 15 is 0 Å². The minimum Gasteiger partial charge on any atom is -0.453 e. The Balaban J connectivity index is 2.10. The molecule has 0 amide bonds. The second kappa shape index (κ2) is 8.22. The predicted molar refractivity (Wildman–Crippen MR) is 86.1 cm³/mol. The van der Waals surface area contributed by atoms with Crippen LogP contribution in [0.4, 0.5) is 4.39 Å². The van der Waals surface area contributed by atoms with Gasteiger partial charge in [0.2, 0.25) is 6.29 Å². The van der Waals surface area contributed by atoms with Crippen LogP contribution in [0.15, 0.2) is 43.0 Å². The molecule has 1 heterocycles. The topological polar surface area (TPSA) is 71.1 Å². The van der Waals surface area contributed by atoms with Gasteiger partial charge in [-0.05, 0) is 5.56 Å². The van der Waals surface area contributed by atoms with Crippen molar-refractivity contribution in [2.24, 2.45) is 0 Å². The van der Waals surface area contributed by atoms with E-state index in [0.29, 0.717) is 0 Å². The van der Waals surface area contributed by atoms with Gasteiger partial charge in [0.1, 0.15) is 5.60 Å². The normalized spacial score (nSPS) is 28.4. The molecule has 1 aliphatic rings. The van der Waals surface area contributed by atoms with Crippen molar-refractivity contribution in [3.05, 3.63) is 48.6 Å². The number of rotatable bonds is 7. The molecule has 1 aromatic rings. The largest absolute Gasteiger partial charge is 0.453 e. The second-order valence-electron chi connectivity index (χ2n) is 5.71. The molecule has 1 saturated heterocycles. The van der Waals surface area contributed by atoms with Crippen molar-refractivity contribution >= 4 is 11.9 Å². The van der Waals surface area contributed by atoms with Crippen LogP contribution in [0.5, 0.6) is 0 Å². The molecule has 4 atom stereocenters. The van der Waals surface area contributed by atoms with Crippen LogP contribution < -0.4 is 0 Å². The quantitative estimate of drug-likeness (QED) is 0.554. The average molecular weight is 352 g/mol. The van der Waals surface area contributed by atoms with Gasteiger partial charge in [0, 0.05) is 13.8 Å². The minimum absolute atomic E-state index is 0.178. The molecule has 0 bridgehead atoms. The number of carbonyl (C=O) groups is 2. The van der Waals surface area contributed by atoms with Crippen LogP contribution in [0.3, 0.4) is 0 Å². The number of benzene rings is 1. The third-order valence-corrected chi connectivity index (χ3v) is 3.73. The predicted octanol–water partition coefficient (Wildman–Crippen LogP) is 2.32. The standard InChI is InChI=1S/C18H21FO6/c1-4-18(11-22-10-14-8-6-5-7-9-14)16(19)15(23-12(2)20)17(25-18)24-13(3)21/h4-9,15-17H,1,10-11H2,2-3H3/t15-,16+,17?,18-/m1/s1. The van der Waals surface area contributed by atoms with Gasteiger partial charge >= 0.3 is 11.9 Å². The summed E-state index contributed by atoms with van der Waals surface area (Å²) >= 11 is 0. The Labute approximate surface area is 145 Å². The van der Waals surface area contributed by atoms with Crippen molar-refractivity contribution < 1.29 is 32.9 Å². The number of hydrogen-bond acceptors (Lipinski definition) is 6. The van der Waals surface area contributed by atoms with Gasteiger partial charge in [-0.1, -0.05) is 36.4 Å². The lowest BCUT2D eigenvalue weighted by Crippen LogP contribution is -2.43. The lowest BCUT2D eigenvalue weighted by atomic mass is 9.97. The molecule has 0 aliphatic carbocycles. The molecule has 0 N–H and O–H groups in total. The zero-order valence-corrected chi connectivity index (χ0v) is 14.1. The third kappa shape index (κ3) is 4.64. The lowest BCUT2D eigenvalue weighted by Gasteiger charge is -2.26. The summed E-state index contributed by atoms with van der Waals surface area (Å²) in [6.07, 6.45) is -3.31. The molecule has 1 aromatic carbocycles. The first-order chi connectivity index (χ1) is 11.9. The van der Waals surface area contributed by atoms with Crippen molar-refractivity contribution in [3.8, 4) is 0 Å². The summed E-state index contributed by atoms with van der Waals surface area (Å²) in [5.74, 6) is -1.39. The summed E-state index contributed by atoms with van der Waals surface area (Å²) in [4.78, 5) is 22.4. The number of hydrogen-bond donors (Lipinski definition) is 0. The van der Waals surface area contributed by atoms with E-state index in [4.69, 9.17) is 18.9 Å². The van der Waals surface area contributed by atoms with Crippen molar-refractivity contribution in [1.82, 2.24) is 0 Å². The van der Waals surface area contributed by atoms with Gasteiger partial charge in [-0.3, -0.25) is 9.59 Å². The van der Waals surface area contributed by atoms with Crippen LogP contribution in [-0.4, -0.2) is 42.7 Å². The summed E-state index contributed by atoms with van der Waals surface area (Å²) < 4.78 is 35.9. The highest BCUT2D eigenvalue weighted by molar-refractivity contribution is 5.67. The Kier molecular flexibility index (Phi) is 6.27. The lowest BCUT2D eigenvalue weighted by molar-refractivity contribution is -0.204. The van der Waals surface area contributed by atoms with E-state index in [9.17, 15) is 14.0 Å². The average Bonchev–Trinajstić information content (AvgIpc) is 2.81. The molecule has 136 valence electrons. The van der Waals surface area contributed by atoms with Gasteiger partial charge in [-0.25, -0.2) is 4.39 Å². The molecule has 1 aliphatic heterocycles. The highest BCUT2D eigenvalue weighted by atomic mass is 19.1. The first kappa shape index (κ1) is 19.1. The summed E-state index contributed by atoms with van der Waals surface area (Å²) in [5.41, 5.74) is -0.683. The first-order valence-corrected chi connectivity index (χ1v) is 7.79. The van der Waals surface area contributed by atoms with Crippen molar-refractivity contribution in [1.29, 1.82) is 0 Å². The van der Waals surface area contributed by atoms with Gasteiger partial charge in [-0.15, -0.1) is 6.58 Å². The van der Waals surface area contributed by atoms with Crippen LogP contribution in [0.1, 0.15) is 19.4 Å². The van der Waals surface area contributed by atoms with E-state index in [2.05, 4.69) is 6.58 Å². The fourth-order valence-corrected chi connectivity index (χ4v) is 2.56. The number of carbonyl (C=O) groups excluding carboxylic acids is 2. The summed E-state index contributed by atoms with van der Waals surface area (Å²) in [6.45, 7) is 5.94. The van der Waals surface area contributed by atoms with E-state index in [1.807, 2.05) is 30.3 Å². The fourth-order valence-electron chi connectivity index (χ4n) is 2.56. The molecule has 7 heteroatoms. The third-order valence-electron chi connectivity index (χ3n) is 3.73. The Bertz CT molecular complexity index is 619. The number of ether oxygens (including phenoxy) is 4. The molecular weight excluding hydrogens is 331 g/mol. The molecule has 6 nitrogen and oxygen atoms in total. The van der Waals surface area contributed by atoms with E-state index < -0.39 is 36.1 Å². The van der Waals surface area contributed by atoms with Crippen LogP contribution in [-0.2, 0) is 35.1 Å². The summed E-state index contributed by atoms with van der Waals surface area (Å²) in [5, 5.41) is 0. The van der Waals surface area contributed by atoms with Gasteiger partial charge in [-0.2, -0.15) is 0 Å². The fraction of sp³-hybridized carbons (Fsp3) is 0.444. The second-order valence-corrected chi connectivity index (χ2v) is 5.71. The number of esters is 2. The van der Waals surface area contributed by atoms with E-state index in [1.165, 1.54) is 6.08 Å². The van der Waals surface area contributed by atoms with Crippen LogP contribution in [0, 0.1) is 0 Å². The van der Waals surface area contributed by atoms with Gasteiger partial charge < -0.3 is 18.9 Å². The molecule has 1 fully saturated rings. The first-order valence-electron chi connectivity index (χ1n) is 7.79. The molecule has 1 unspecified atom stereocenters. The maximum Gasteiger partial charge on any atom is 0.305 e. The molecule has 0 aromatic heterocycles. The van der Waals surface area contributed by atoms with Gasteiger partial charge in [0.25, 0.3) is 0 Å². The van der Waals surface area contributed by atoms with Crippen molar-refractivity contribution in [3.63, 3.8) is 0 Å². The maximum absolute atomic E-state index is 14.9. The van der Waals surface area contributed by atoms with Crippen LogP contribution in [0.2, 0.25) is 0 Å². The Morgan fingerprint density at radius 3 is 2.44 bits per heavy atom. The highest BCUT2D eigenvalue weighted by Gasteiger charge is 2.58. The van der Waals surface area contributed by atoms with E-state index in [1.54, 1.807) is 0 Å². The molecule has 0 saturated carbocycles. The summed E-state index contributed by atoms with van der Waals surface area (Å²) in [7, 11) is 0. The number of halogens is 1. The molecule has 0 radical (unpaired) electrons. The highest BCUT2D eigenvalue weighted by Crippen LogP contribution is 2.37. The van der Waals surface area contributed by atoms with Crippen LogP contribution in [0.25, 0.3) is 0 Å². The minimum atomic E-state index is -1.80. The van der Waals surface area contributed by atoms with Gasteiger partial charge in [0.05, 0.1) is 13.2 Å². The maximum atomic E-state index is 14.9. The Morgan fingerprint density at radius 1 is 1.24 bits per heavy atom. The summed E-state index contributed by atoms with van der Waals surface area (Å²) in [6, 6.07) is 9.33. The van der Waals surface area contributed by atoms with E-state index in [0.717, 1.165) is 19.4 Å². The molecular formula is C18H21FO6. The Morgan fingerprint density at radius 2 is 1.88 bits per heavy atom. The SMILES string of the molecule is C=C[C@]1(COCc2ccccc2)OC(OC(C)=O)[C@H](OC(C)=O)[C@@H]1F. The molecule has 0 spiro atoms. The molecule has 2 rings (SSSR count).